The van der Waals surface area contributed by atoms with Gasteiger partial charge >= 0.3 is 5.97 Å². The fourth-order valence-electron chi connectivity index (χ4n) is 2.02. The summed E-state index contributed by atoms with van der Waals surface area (Å²) in [6.07, 6.45) is 0.239. The quantitative estimate of drug-likeness (QED) is 0.831. The first kappa shape index (κ1) is 18.0. The van der Waals surface area contributed by atoms with Gasteiger partial charge < -0.3 is 15.2 Å². The van der Waals surface area contributed by atoms with E-state index in [4.69, 9.17) is 10.5 Å². The molecule has 4 nitrogen and oxygen atoms in total. The predicted molar refractivity (Wildman–Crippen MR) is 88.1 cm³/mol. The Morgan fingerprint density at radius 3 is 2.45 bits per heavy atom. The van der Waals surface area contributed by atoms with Crippen LogP contribution in [0.5, 0.6) is 5.75 Å². The summed E-state index contributed by atoms with van der Waals surface area (Å²) < 4.78 is 10.5. The van der Waals surface area contributed by atoms with Gasteiger partial charge in [0.25, 0.3) is 0 Å². The Hall–Kier alpha value is -2.04. The van der Waals surface area contributed by atoms with E-state index in [0.717, 1.165) is 22.4 Å². The monoisotopic (exact) mass is 321 g/mol. The van der Waals surface area contributed by atoms with Crippen molar-refractivity contribution in [1.82, 2.24) is 0 Å². The summed E-state index contributed by atoms with van der Waals surface area (Å²) in [6.45, 7) is 0.851. The summed E-state index contributed by atoms with van der Waals surface area (Å²) in [6, 6.07) is 15.5. The van der Waals surface area contributed by atoms with E-state index in [1.54, 1.807) is 0 Å². The lowest BCUT2D eigenvalue weighted by atomic mass is 10.1. The molecule has 2 aromatic carbocycles. The molecule has 0 atom stereocenters. The Balaban J connectivity index is 0.00000242. The molecule has 0 unspecified atom stereocenters. The Morgan fingerprint density at radius 1 is 1.09 bits per heavy atom. The van der Waals surface area contributed by atoms with Gasteiger partial charge in [-0.3, -0.25) is 4.79 Å². The SMILES string of the molecule is COC(=O)Cc1ccc(OCc2ccccc2)c(CN)c1.Cl. The Labute approximate surface area is 136 Å². The average molecular weight is 322 g/mol. The summed E-state index contributed by atoms with van der Waals surface area (Å²) >= 11 is 0. The van der Waals surface area contributed by atoms with Gasteiger partial charge in [-0.25, -0.2) is 0 Å². The first-order valence-electron chi connectivity index (χ1n) is 6.78. The van der Waals surface area contributed by atoms with E-state index >= 15 is 0 Å². The Bertz CT molecular complexity index is 602. The third kappa shape index (κ3) is 5.06. The second-order valence-corrected chi connectivity index (χ2v) is 4.67. The molecule has 0 aliphatic carbocycles. The molecule has 0 saturated heterocycles. The van der Waals surface area contributed by atoms with Crippen molar-refractivity contribution in [2.75, 3.05) is 7.11 Å². The molecule has 2 rings (SSSR count). The lowest BCUT2D eigenvalue weighted by Crippen LogP contribution is -2.07. The first-order valence-corrected chi connectivity index (χ1v) is 6.78. The topological polar surface area (TPSA) is 61.5 Å². The van der Waals surface area contributed by atoms with Crippen LogP contribution in [-0.2, 0) is 29.1 Å². The highest BCUT2D eigenvalue weighted by Gasteiger charge is 2.08. The molecule has 0 aliphatic rings. The predicted octanol–water partition coefficient (Wildman–Crippen LogP) is 2.86. The van der Waals surface area contributed by atoms with E-state index in [1.807, 2.05) is 48.5 Å². The van der Waals surface area contributed by atoms with E-state index in [2.05, 4.69) is 4.74 Å². The molecule has 0 saturated carbocycles. The van der Waals surface area contributed by atoms with Crippen LogP contribution in [0.15, 0.2) is 48.5 Å². The van der Waals surface area contributed by atoms with E-state index < -0.39 is 0 Å². The number of carbonyl (C=O) groups excluding carboxylic acids is 1. The van der Waals surface area contributed by atoms with Gasteiger partial charge in [0.2, 0.25) is 0 Å². The van der Waals surface area contributed by atoms with Gasteiger partial charge in [0.15, 0.2) is 0 Å². The van der Waals surface area contributed by atoms with E-state index in [0.29, 0.717) is 13.2 Å². The van der Waals surface area contributed by atoms with E-state index in [1.165, 1.54) is 7.11 Å². The Kier molecular flexibility index (Phi) is 7.43. The van der Waals surface area contributed by atoms with E-state index in [9.17, 15) is 4.79 Å². The zero-order chi connectivity index (χ0) is 15.1. The maximum absolute atomic E-state index is 11.3. The standard InChI is InChI=1S/C17H19NO3.ClH/c1-20-17(19)10-14-7-8-16(15(9-14)11-18)21-12-13-5-3-2-4-6-13;/h2-9H,10-12,18H2,1H3;1H. The molecule has 22 heavy (non-hydrogen) atoms. The first-order chi connectivity index (χ1) is 10.2. The van der Waals surface area contributed by atoms with Crippen LogP contribution in [0.3, 0.4) is 0 Å². The number of benzene rings is 2. The van der Waals surface area contributed by atoms with Gasteiger partial charge in [-0.2, -0.15) is 0 Å². The van der Waals surface area contributed by atoms with Crippen molar-refractivity contribution in [2.24, 2.45) is 5.73 Å². The molecular formula is C17H20ClNO3. The minimum Gasteiger partial charge on any atom is -0.489 e. The number of methoxy groups -OCH3 is 1. The fourth-order valence-corrected chi connectivity index (χ4v) is 2.02. The third-order valence-electron chi connectivity index (χ3n) is 3.16. The number of ether oxygens (including phenoxy) is 2. The van der Waals surface area contributed by atoms with Crippen LogP contribution in [0.2, 0.25) is 0 Å². The number of esters is 1. The number of nitrogens with two attached hydrogens (primary N) is 1. The summed E-state index contributed by atoms with van der Waals surface area (Å²) in [5, 5.41) is 0. The summed E-state index contributed by atoms with van der Waals surface area (Å²) in [5.74, 6) is 0.478. The van der Waals surface area contributed by atoms with Crippen molar-refractivity contribution >= 4 is 18.4 Å². The molecule has 118 valence electrons. The van der Waals surface area contributed by atoms with Gasteiger partial charge in [-0.05, 0) is 17.2 Å². The second kappa shape index (κ2) is 9.07. The van der Waals surface area contributed by atoms with Crippen molar-refractivity contribution in [1.29, 1.82) is 0 Å². The average Bonchev–Trinajstić information content (AvgIpc) is 2.54. The Morgan fingerprint density at radius 2 is 1.82 bits per heavy atom. The van der Waals surface area contributed by atoms with Gasteiger partial charge in [-0.1, -0.05) is 42.5 Å². The summed E-state index contributed by atoms with van der Waals surface area (Å²) in [4.78, 5) is 11.3. The number of carbonyl (C=O) groups is 1. The van der Waals surface area contributed by atoms with Crippen LogP contribution < -0.4 is 10.5 Å². The van der Waals surface area contributed by atoms with Crippen LogP contribution in [0.4, 0.5) is 0 Å². The molecule has 2 N–H and O–H groups in total. The number of hydrogen-bond acceptors (Lipinski definition) is 4. The maximum Gasteiger partial charge on any atom is 0.309 e. The zero-order valence-electron chi connectivity index (χ0n) is 12.5. The van der Waals surface area contributed by atoms with Crippen LogP contribution >= 0.6 is 12.4 Å². The van der Waals surface area contributed by atoms with E-state index in [-0.39, 0.29) is 24.8 Å². The normalized spacial score (nSPS) is 9.73. The highest BCUT2D eigenvalue weighted by Crippen LogP contribution is 2.21. The minimum absolute atomic E-state index is 0. The van der Waals surface area contributed by atoms with Gasteiger partial charge in [-0.15, -0.1) is 12.4 Å². The molecule has 5 heteroatoms. The lowest BCUT2D eigenvalue weighted by Gasteiger charge is -2.12. The molecular weight excluding hydrogens is 302 g/mol. The third-order valence-corrected chi connectivity index (χ3v) is 3.16. The fraction of sp³-hybridized carbons (Fsp3) is 0.235. The molecule has 2 aromatic rings. The molecule has 0 heterocycles. The summed E-state index contributed by atoms with van der Waals surface area (Å²) in [7, 11) is 1.38. The van der Waals surface area contributed by atoms with Crippen molar-refractivity contribution < 1.29 is 14.3 Å². The maximum atomic E-state index is 11.3. The van der Waals surface area contributed by atoms with Gasteiger partial charge in [0.1, 0.15) is 12.4 Å². The lowest BCUT2D eigenvalue weighted by molar-refractivity contribution is -0.139. The van der Waals surface area contributed by atoms with Crippen molar-refractivity contribution in [2.45, 2.75) is 19.6 Å². The van der Waals surface area contributed by atoms with Gasteiger partial charge in [0.05, 0.1) is 13.5 Å². The summed E-state index contributed by atoms with van der Waals surface area (Å²) in [5.41, 5.74) is 8.60. The number of halogens is 1. The minimum atomic E-state index is -0.268. The molecule has 0 aromatic heterocycles. The zero-order valence-corrected chi connectivity index (χ0v) is 13.3. The van der Waals surface area contributed by atoms with Crippen molar-refractivity contribution in [3.8, 4) is 5.75 Å². The van der Waals surface area contributed by atoms with Crippen LogP contribution in [0.1, 0.15) is 16.7 Å². The number of hydrogen-bond donors (Lipinski definition) is 1. The van der Waals surface area contributed by atoms with Crippen LogP contribution in [-0.4, -0.2) is 13.1 Å². The largest absolute Gasteiger partial charge is 0.489 e. The highest BCUT2D eigenvalue weighted by molar-refractivity contribution is 5.85. The smallest absolute Gasteiger partial charge is 0.309 e. The van der Waals surface area contributed by atoms with Crippen LogP contribution in [0, 0.1) is 0 Å². The highest BCUT2D eigenvalue weighted by atomic mass is 35.5. The van der Waals surface area contributed by atoms with Crippen molar-refractivity contribution in [3.05, 3.63) is 65.2 Å². The second-order valence-electron chi connectivity index (χ2n) is 4.67. The van der Waals surface area contributed by atoms with Crippen molar-refractivity contribution in [3.63, 3.8) is 0 Å². The molecule has 0 spiro atoms. The van der Waals surface area contributed by atoms with Gasteiger partial charge in [0, 0.05) is 12.1 Å². The number of rotatable bonds is 6. The molecule has 0 radical (unpaired) electrons. The molecule has 0 amide bonds. The molecule has 0 bridgehead atoms. The molecule has 0 aliphatic heterocycles. The van der Waals surface area contributed by atoms with Crippen LogP contribution in [0.25, 0.3) is 0 Å². The molecule has 0 fully saturated rings.